The molecule has 1 heterocycles. The third kappa shape index (κ3) is 3.49. The van der Waals surface area contributed by atoms with Crippen LogP contribution in [0.4, 0.5) is 0 Å². The van der Waals surface area contributed by atoms with E-state index >= 15 is 0 Å². The van der Waals surface area contributed by atoms with Gasteiger partial charge in [0.15, 0.2) is 0 Å². The lowest BCUT2D eigenvalue weighted by atomic mass is 10.1. The molecule has 0 aromatic heterocycles. The fourth-order valence-electron chi connectivity index (χ4n) is 2.36. The molecular formula is C18H16ClNO2. The summed E-state index contributed by atoms with van der Waals surface area (Å²) in [5.74, 6) is 0.659. The van der Waals surface area contributed by atoms with E-state index in [1.54, 1.807) is 12.1 Å². The molecule has 1 aliphatic rings. The molecule has 3 rings (SSSR count). The van der Waals surface area contributed by atoms with Crippen LogP contribution in [0, 0.1) is 0 Å². The Bertz CT molecular complexity index is 710. The van der Waals surface area contributed by atoms with Crippen LogP contribution in [0.1, 0.15) is 11.1 Å². The summed E-state index contributed by atoms with van der Waals surface area (Å²) < 4.78 is 5.59. The molecule has 0 fully saturated rings. The van der Waals surface area contributed by atoms with Gasteiger partial charge in [-0.2, -0.15) is 0 Å². The normalized spacial score (nSPS) is 12.9. The first-order chi connectivity index (χ1) is 10.7. The Hall–Kier alpha value is -2.26. The van der Waals surface area contributed by atoms with Crippen LogP contribution in [-0.2, 0) is 11.2 Å². The standard InChI is InChI=1S/C18H16ClNO2/c19-16-6-7-17-14(11-16)10-15(12-22-17)18(21)20-9-8-13-4-2-1-3-5-13/h1-7,10-11H,8-9,12H2,(H,20,21). The van der Waals surface area contributed by atoms with Crippen molar-refractivity contribution in [3.8, 4) is 5.75 Å². The lowest BCUT2D eigenvalue weighted by Crippen LogP contribution is -2.30. The van der Waals surface area contributed by atoms with Gasteiger partial charge in [0, 0.05) is 17.1 Å². The van der Waals surface area contributed by atoms with Gasteiger partial charge in [-0.15, -0.1) is 0 Å². The number of rotatable bonds is 4. The highest BCUT2D eigenvalue weighted by molar-refractivity contribution is 6.30. The van der Waals surface area contributed by atoms with E-state index in [0.29, 0.717) is 17.1 Å². The van der Waals surface area contributed by atoms with Gasteiger partial charge in [-0.05, 0) is 36.3 Å². The number of amides is 1. The van der Waals surface area contributed by atoms with E-state index in [9.17, 15) is 4.79 Å². The molecule has 4 heteroatoms. The lowest BCUT2D eigenvalue weighted by molar-refractivity contribution is -0.117. The van der Waals surface area contributed by atoms with Crippen molar-refractivity contribution < 1.29 is 9.53 Å². The number of fused-ring (bicyclic) bond motifs is 1. The van der Waals surface area contributed by atoms with E-state index in [0.717, 1.165) is 17.7 Å². The second kappa shape index (κ2) is 6.67. The van der Waals surface area contributed by atoms with Crippen molar-refractivity contribution >= 4 is 23.6 Å². The van der Waals surface area contributed by atoms with Crippen LogP contribution in [0.5, 0.6) is 5.75 Å². The van der Waals surface area contributed by atoms with E-state index in [1.165, 1.54) is 5.56 Å². The highest BCUT2D eigenvalue weighted by Gasteiger charge is 2.17. The average molecular weight is 314 g/mol. The summed E-state index contributed by atoms with van der Waals surface area (Å²) in [5, 5.41) is 3.56. The molecule has 0 spiro atoms. The average Bonchev–Trinajstić information content (AvgIpc) is 2.55. The quantitative estimate of drug-likeness (QED) is 0.938. The lowest BCUT2D eigenvalue weighted by Gasteiger charge is -2.17. The SMILES string of the molecule is O=C(NCCc1ccccc1)C1=Cc2cc(Cl)ccc2OC1. The van der Waals surface area contributed by atoms with Gasteiger partial charge in [-0.25, -0.2) is 0 Å². The minimum Gasteiger partial charge on any atom is -0.488 e. The second-order valence-electron chi connectivity index (χ2n) is 5.13. The van der Waals surface area contributed by atoms with Crippen molar-refractivity contribution in [3.05, 3.63) is 70.3 Å². The minimum atomic E-state index is -0.0958. The van der Waals surface area contributed by atoms with E-state index in [2.05, 4.69) is 5.32 Å². The molecule has 0 atom stereocenters. The molecule has 22 heavy (non-hydrogen) atoms. The maximum absolute atomic E-state index is 12.2. The maximum atomic E-state index is 12.2. The molecule has 1 amide bonds. The fraction of sp³-hybridized carbons (Fsp3) is 0.167. The molecule has 1 N–H and O–H groups in total. The zero-order chi connectivity index (χ0) is 15.4. The van der Waals surface area contributed by atoms with Crippen LogP contribution in [-0.4, -0.2) is 19.1 Å². The highest BCUT2D eigenvalue weighted by Crippen LogP contribution is 2.28. The molecule has 0 radical (unpaired) electrons. The molecule has 2 aromatic rings. The highest BCUT2D eigenvalue weighted by atomic mass is 35.5. The summed E-state index contributed by atoms with van der Waals surface area (Å²) in [7, 11) is 0. The number of nitrogens with one attached hydrogen (secondary N) is 1. The number of ether oxygens (including phenoxy) is 1. The molecule has 3 nitrogen and oxygen atoms in total. The first-order valence-corrected chi connectivity index (χ1v) is 7.55. The molecule has 0 saturated carbocycles. The largest absolute Gasteiger partial charge is 0.488 e. The van der Waals surface area contributed by atoms with Crippen molar-refractivity contribution in [1.82, 2.24) is 5.32 Å². The van der Waals surface area contributed by atoms with Gasteiger partial charge >= 0.3 is 0 Å². The number of carbonyl (C=O) groups excluding carboxylic acids is 1. The van der Waals surface area contributed by atoms with Gasteiger partial charge in [0.25, 0.3) is 5.91 Å². The van der Waals surface area contributed by atoms with E-state index in [1.807, 2.05) is 42.5 Å². The molecular weight excluding hydrogens is 298 g/mol. The number of hydrogen-bond donors (Lipinski definition) is 1. The molecule has 0 bridgehead atoms. The van der Waals surface area contributed by atoms with Crippen molar-refractivity contribution in [2.75, 3.05) is 13.2 Å². The van der Waals surface area contributed by atoms with E-state index in [4.69, 9.17) is 16.3 Å². The molecule has 0 saturated heterocycles. The zero-order valence-corrected chi connectivity index (χ0v) is 12.8. The summed E-state index contributed by atoms with van der Waals surface area (Å²) in [5.41, 5.74) is 2.66. The Morgan fingerprint density at radius 1 is 1.18 bits per heavy atom. The van der Waals surface area contributed by atoms with Gasteiger partial charge in [0.1, 0.15) is 12.4 Å². The predicted molar refractivity (Wildman–Crippen MR) is 88.1 cm³/mol. The van der Waals surface area contributed by atoms with Crippen molar-refractivity contribution in [1.29, 1.82) is 0 Å². The van der Waals surface area contributed by atoms with Gasteiger partial charge in [-0.3, -0.25) is 4.79 Å². The first kappa shape index (κ1) is 14.7. The van der Waals surface area contributed by atoms with Crippen LogP contribution in [0.2, 0.25) is 5.02 Å². The number of hydrogen-bond acceptors (Lipinski definition) is 2. The molecule has 2 aromatic carbocycles. The summed E-state index contributed by atoms with van der Waals surface area (Å²) >= 11 is 5.97. The molecule has 112 valence electrons. The van der Waals surface area contributed by atoms with Crippen molar-refractivity contribution in [2.45, 2.75) is 6.42 Å². The van der Waals surface area contributed by atoms with Gasteiger partial charge in [0.2, 0.25) is 0 Å². The Morgan fingerprint density at radius 2 is 2.00 bits per heavy atom. The molecule has 0 unspecified atom stereocenters. The molecule has 0 aliphatic carbocycles. The number of carbonyl (C=O) groups is 1. The maximum Gasteiger partial charge on any atom is 0.250 e. The summed E-state index contributed by atoms with van der Waals surface area (Å²) in [4.78, 5) is 12.2. The van der Waals surface area contributed by atoms with Crippen LogP contribution >= 0.6 is 11.6 Å². The van der Waals surface area contributed by atoms with Gasteiger partial charge in [0.05, 0.1) is 5.57 Å². The Kier molecular flexibility index (Phi) is 4.45. The first-order valence-electron chi connectivity index (χ1n) is 7.17. The van der Waals surface area contributed by atoms with Crippen LogP contribution in [0.25, 0.3) is 6.08 Å². The van der Waals surface area contributed by atoms with E-state index in [-0.39, 0.29) is 12.5 Å². The van der Waals surface area contributed by atoms with Crippen molar-refractivity contribution in [2.24, 2.45) is 0 Å². The topological polar surface area (TPSA) is 38.3 Å². The van der Waals surface area contributed by atoms with E-state index < -0.39 is 0 Å². The molecule has 1 aliphatic heterocycles. The summed E-state index contributed by atoms with van der Waals surface area (Å²) in [6.45, 7) is 0.883. The smallest absolute Gasteiger partial charge is 0.250 e. The van der Waals surface area contributed by atoms with Crippen LogP contribution in [0.15, 0.2) is 54.1 Å². The van der Waals surface area contributed by atoms with Crippen LogP contribution in [0.3, 0.4) is 0 Å². The summed E-state index contributed by atoms with van der Waals surface area (Å²) in [6.07, 6.45) is 2.64. The monoisotopic (exact) mass is 313 g/mol. The minimum absolute atomic E-state index is 0.0958. The third-order valence-corrected chi connectivity index (χ3v) is 3.75. The Balaban J connectivity index is 1.61. The number of halogens is 1. The van der Waals surface area contributed by atoms with Gasteiger partial charge < -0.3 is 10.1 Å². The summed E-state index contributed by atoms with van der Waals surface area (Å²) in [6, 6.07) is 15.5. The Labute approximate surface area is 134 Å². The van der Waals surface area contributed by atoms with Crippen LogP contribution < -0.4 is 10.1 Å². The zero-order valence-electron chi connectivity index (χ0n) is 12.0. The Morgan fingerprint density at radius 3 is 2.82 bits per heavy atom. The van der Waals surface area contributed by atoms with Gasteiger partial charge in [-0.1, -0.05) is 41.9 Å². The predicted octanol–water partition coefficient (Wildman–Crippen LogP) is 3.47. The third-order valence-electron chi connectivity index (χ3n) is 3.52. The van der Waals surface area contributed by atoms with Crippen molar-refractivity contribution in [3.63, 3.8) is 0 Å². The fourth-order valence-corrected chi connectivity index (χ4v) is 2.54. The second-order valence-corrected chi connectivity index (χ2v) is 5.57. The number of benzene rings is 2.